The summed E-state index contributed by atoms with van der Waals surface area (Å²) in [6.45, 7) is 0.984. The van der Waals surface area contributed by atoms with Crippen LogP contribution in [-0.4, -0.2) is 38.8 Å². The number of aliphatic hydroxyl groups is 1. The quantitative estimate of drug-likeness (QED) is 0.923. The van der Waals surface area contributed by atoms with E-state index in [1.165, 1.54) is 0 Å². The van der Waals surface area contributed by atoms with Crippen LogP contribution in [0.25, 0.3) is 0 Å². The number of aromatic nitrogens is 2. The third-order valence-electron chi connectivity index (χ3n) is 4.29. The number of nitrogens with zero attached hydrogens (tertiary/aromatic N) is 3. The van der Waals surface area contributed by atoms with Crippen LogP contribution in [0, 0.1) is 0 Å². The molecule has 1 aromatic heterocycles. The second-order valence-electron chi connectivity index (χ2n) is 5.64. The summed E-state index contributed by atoms with van der Waals surface area (Å²) >= 11 is 6.20. The first-order chi connectivity index (χ1) is 10.5. The zero-order valence-corrected chi connectivity index (χ0v) is 13.1. The van der Waals surface area contributed by atoms with Crippen LogP contribution in [0.5, 0.6) is 0 Å². The lowest BCUT2D eigenvalue weighted by atomic mass is 9.84. The van der Waals surface area contributed by atoms with Crippen molar-refractivity contribution < 1.29 is 9.90 Å². The molecule has 0 saturated carbocycles. The first kappa shape index (κ1) is 15.1. The van der Waals surface area contributed by atoms with Gasteiger partial charge >= 0.3 is 0 Å². The highest BCUT2D eigenvalue weighted by atomic mass is 35.5. The van der Waals surface area contributed by atoms with Crippen LogP contribution in [0.1, 0.15) is 28.9 Å². The van der Waals surface area contributed by atoms with E-state index in [1.54, 1.807) is 35.0 Å². The summed E-state index contributed by atoms with van der Waals surface area (Å²) in [6, 6.07) is 9.04. The molecule has 0 bridgehead atoms. The van der Waals surface area contributed by atoms with E-state index in [4.69, 9.17) is 11.6 Å². The van der Waals surface area contributed by atoms with E-state index in [2.05, 4.69) is 5.10 Å². The summed E-state index contributed by atoms with van der Waals surface area (Å²) < 4.78 is 1.57. The highest BCUT2D eigenvalue weighted by molar-refractivity contribution is 6.31. The Morgan fingerprint density at radius 3 is 2.55 bits per heavy atom. The van der Waals surface area contributed by atoms with Gasteiger partial charge in [-0.1, -0.05) is 29.8 Å². The van der Waals surface area contributed by atoms with Gasteiger partial charge in [0.25, 0.3) is 5.91 Å². The van der Waals surface area contributed by atoms with E-state index >= 15 is 0 Å². The molecule has 1 aliphatic heterocycles. The summed E-state index contributed by atoms with van der Waals surface area (Å²) in [5.41, 5.74) is 0.328. The number of hydrogen-bond acceptors (Lipinski definition) is 3. The normalized spacial score (nSPS) is 17.5. The standard InChI is InChI=1S/C16H18ClN3O2/c1-19-14(6-9-18-19)15(21)20-10-7-16(22,8-11-20)12-4-2-3-5-13(12)17/h2-6,9,22H,7-8,10-11H2,1H3. The number of halogens is 1. The first-order valence-electron chi connectivity index (χ1n) is 7.26. The molecule has 1 amide bonds. The summed E-state index contributed by atoms with van der Waals surface area (Å²) in [5.74, 6) is -0.0544. The Kier molecular flexibility index (Phi) is 3.93. The summed E-state index contributed by atoms with van der Waals surface area (Å²) in [6.07, 6.45) is 2.55. The third-order valence-corrected chi connectivity index (χ3v) is 4.62. The molecule has 3 rings (SSSR count). The summed E-state index contributed by atoms with van der Waals surface area (Å²) in [7, 11) is 1.75. The average molecular weight is 320 g/mol. The molecule has 116 valence electrons. The molecule has 0 spiro atoms. The van der Waals surface area contributed by atoms with Gasteiger partial charge in [0.1, 0.15) is 5.69 Å². The van der Waals surface area contributed by atoms with Crippen LogP contribution >= 0.6 is 11.6 Å². The van der Waals surface area contributed by atoms with Gasteiger partial charge in [0.05, 0.1) is 5.60 Å². The highest BCUT2D eigenvalue weighted by Gasteiger charge is 2.37. The second kappa shape index (κ2) is 5.74. The number of rotatable bonds is 2. The summed E-state index contributed by atoms with van der Waals surface area (Å²) in [4.78, 5) is 14.2. The van der Waals surface area contributed by atoms with Crippen molar-refractivity contribution in [1.29, 1.82) is 0 Å². The molecule has 5 nitrogen and oxygen atoms in total. The first-order valence-corrected chi connectivity index (χ1v) is 7.64. The average Bonchev–Trinajstić information content (AvgIpc) is 2.94. The molecular formula is C16H18ClN3O2. The lowest BCUT2D eigenvalue weighted by molar-refractivity contribution is -0.0212. The fraction of sp³-hybridized carbons (Fsp3) is 0.375. The summed E-state index contributed by atoms with van der Waals surface area (Å²) in [5, 5.41) is 15.5. The number of benzene rings is 1. The molecule has 0 aliphatic carbocycles. The monoisotopic (exact) mass is 319 g/mol. The molecule has 0 radical (unpaired) electrons. The third kappa shape index (κ3) is 2.62. The Labute approximate surface area is 134 Å². The van der Waals surface area contributed by atoms with Gasteiger partial charge in [0, 0.05) is 36.9 Å². The van der Waals surface area contributed by atoms with Crippen LogP contribution in [0.3, 0.4) is 0 Å². The number of carbonyl (C=O) groups is 1. The molecular weight excluding hydrogens is 302 g/mol. The van der Waals surface area contributed by atoms with Crippen molar-refractivity contribution in [2.24, 2.45) is 7.05 Å². The minimum atomic E-state index is -0.971. The van der Waals surface area contributed by atoms with E-state index in [9.17, 15) is 9.90 Å². The predicted molar refractivity (Wildman–Crippen MR) is 83.7 cm³/mol. The molecule has 1 aromatic carbocycles. The Morgan fingerprint density at radius 1 is 1.27 bits per heavy atom. The topological polar surface area (TPSA) is 58.4 Å². The Hall–Kier alpha value is -1.85. The fourth-order valence-electron chi connectivity index (χ4n) is 2.93. The number of piperidine rings is 1. The molecule has 0 unspecified atom stereocenters. The van der Waals surface area contributed by atoms with Crippen molar-refractivity contribution in [2.75, 3.05) is 13.1 Å². The fourth-order valence-corrected chi connectivity index (χ4v) is 3.25. The molecule has 0 atom stereocenters. The molecule has 2 aromatic rings. The molecule has 22 heavy (non-hydrogen) atoms. The van der Waals surface area contributed by atoms with Crippen molar-refractivity contribution in [3.8, 4) is 0 Å². The predicted octanol–water partition coefficient (Wildman–Crippen LogP) is 2.20. The maximum atomic E-state index is 12.5. The van der Waals surface area contributed by atoms with Crippen LogP contribution in [-0.2, 0) is 12.6 Å². The number of aryl methyl sites for hydroxylation is 1. The van der Waals surface area contributed by atoms with Gasteiger partial charge in [-0.25, -0.2) is 0 Å². The van der Waals surface area contributed by atoms with E-state index in [-0.39, 0.29) is 5.91 Å². The lowest BCUT2D eigenvalue weighted by Gasteiger charge is -2.38. The van der Waals surface area contributed by atoms with Crippen LogP contribution in [0.2, 0.25) is 5.02 Å². The Balaban J connectivity index is 1.74. The van der Waals surface area contributed by atoms with Gasteiger partial charge in [0.2, 0.25) is 0 Å². The molecule has 1 saturated heterocycles. The Bertz CT molecular complexity index is 690. The number of hydrogen-bond donors (Lipinski definition) is 1. The smallest absolute Gasteiger partial charge is 0.272 e. The van der Waals surface area contributed by atoms with Crippen molar-refractivity contribution in [3.63, 3.8) is 0 Å². The van der Waals surface area contributed by atoms with Crippen molar-refractivity contribution in [2.45, 2.75) is 18.4 Å². The minimum absolute atomic E-state index is 0.0544. The van der Waals surface area contributed by atoms with E-state index in [0.717, 1.165) is 5.56 Å². The lowest BCUT2D eigenvalue weighted by Crippen LogP contribution is -2.45. The largest absolute Gasteiger partial charge is 0.385 e. The van der Waals surface area contributed by atoms with E-state index in [0.29, 0.717) is 36.6 Å². The molecule has 1 fully saturated rings. The van der Waals surface area contributed by atoms with Crippen molar-refractivity contribution in [3.05, 3.63) is 52.8 Å². The van der Waals surface area contributed by atoms with Crippen LogP contribution in [0.4, 0.5) is 0 Å². The van der Waals surface area contributed by atoms with Crippen LogP contribution in [0.15, 0.2) is 36.5 Å². The number of likely N-dealkylation sites (tertiary alicyclic amines) is 1. The number of amides is 1. The van der Waals surface area contributed by atoms with Crippen LogP contribution < -0.4 is 0 Å². The Morgan fingerprint density at radius 2 is 1.95 bits per heavy atom. The van der Waals surface area contributed by atoms with Crippen molar-refractivity contribution >= 4 is 17.5 Å². The molecule has 6 heteroatoms. The maximum absolute atomic E-state index is 12.5. The number of carbonyl (C=O) groups excluding carboxylic acids is 1. The van der Waals surface area contributed by atoms with Gasteiger partial charge in [0.15, 0.2) is 0 Å². The van der Waals surface area contributed by atoms with Crippen molar-refractivity contribution in [1.82, 2.24) is 14.7 Å². The molecule has 1 aliphatic rings. The van der Waals surface area contributed by atoms with E-state index < -0.39 is 5.60 Å². The maximum Gasteiger partial charge on any atom is 0.272 e. The second-order valence-corrected chi connectivity index (χ2v) is 6.05. The highest BCUT2D eigenvalue weighted by Crippen LogP contribution is 2.36. The zero-order valence-electron chi connectivity index (χ0n) is 12.4. The SMILES string of the molecule is Cn1nccc1C(=O)N1CCC(O)(c2ccccc2Cl)CC1. The van der Waals surface area contributed by atoms with Gasteiger partial charge < -0.3 is 10.0 Å². The molecule has 1 N–H and O–H groups in total. The van der Waals surface area contributed by atoms with Gasteiger partial charge in [-0.15, -0.1) is 0 Å². The van der Waals surface area contributed by atoms with E-state index in [1.807, 2.05) is 18.2 Å². The van der Waals surface area contributed by atoms with Gasteiger partial charge in [-0.05, 0) is 25.0 Å². The van der Waals surface area contributed by atoms with Gasteiger partial charge in [-0.2, -0.15) is 5.10 Å². The van der Waals surface area contributed by atoms with Gasteiger partial charge in [-0.3, -0.25) is 9.48 Å². The molecule has 2 heterocycles. The zero-order chi connectivity index (χ0) is 15.7. The minimum Gasteiger partial charge on any atom is -0.385 e.